The minimum Gasteiger partial charge on any atom is -0.716 e. The Bertz CT molecular complexity index is 1470. The fourth-order valence-corrected chi connectivity index (χ4v) is 3.90. The fourth-order valence-electron chi connectivity index (χ4n) is 3.56. The number of hydrogen-bond acceptors (Lipinski definition) is 13. The van der Waals surface area contributed by atoms with Gasteiger partial charge in [0, 0.05) is 17.7 Å². The number of carboxylic acid groups (broad SMARTS) is 1. The molecular formula is C21H17O14S-. The van der Waals surface area contributed by atoms with E-state index in [2.05, 4.69) is 4.18 Å². The first-order valence-electron chi connectivity index (χ1n) is 10.0. The molecule has 0 radical (unpaired) electrons. The van der Waals surface area contributed by atoms with Crippen LogP contribution in [0.25, 0.3) is 22.3 Å². The van der Waals surface area contributed by atoms with E-state index < -0.39 is 80.7 Å². The molecule has 0 spiro atoms. The zero-order chi connectivity index (χ0) is 26.4. The van der Waals surface area contributed by atoms with Crippen LogP contribution < -0.4 is 14.3 Å². The molecule has 4 rings (SSSR count). The zero-order valence-electron chi connectivity index (χ0n) is 17.7. The molecule has 1 saturated heterocycles. The Morgan fingerprint density at radius 2 is 1.69 bits per heavy atom. The van der Waals surface area contributed by atoms with Crippen molar-refractivity contribution in [3.8, 4) is 28.6 Å². The van der Waals surface area contributed by atoms with Gasteiger partial charge < -0.3 is 48.2 Å². The molecule has 2 aromatic carbocycles. The number of fused-ring (bicyclic) bond motifs is 1. The van der Waals surface area contributed by atoms with Crippen LogP contribution in [0, 0.1) is 0 Å². The summed E-state index contributed by atoms with van der Waals surface area (Å²) in [6, 6.07) is 9.95. The van der Waals surface area contributed by atoms with Gasteiger partial charge in [-0.15, -0.1) is 0 Å². The summed E-state index contributed by atoms with van der Waals surface area (Å²) in [7, 11) is -5.50. The third-order valence-electron chi connectivity index (χ3n) is 5.21. The maximum atomic E-state index is 12.8. The van der Waals surface area contributed by atoms with Gasteiger partial charge >= 0.3 is 5.97 Å². The minimum atomic E-state index is -5.50. The molecule has 3 aromatic rings. The number of carbonyl (C=O) groups is 1. The van der Waals surface area contributed by atoms with E-state index in [4.69, 9.17) is 13.9 Å². The lowest BCUT2D eigenvalue weighted by Gasteiger charge is -2.38. The Labute approximate surface area is 201 Å². The summed E-state index contributed by atoms with van der Waals surface area (Å²) in [5.41, 5.74) is -0.812. The summed E-state index contributed by atoms with van der Waals surface area (Å²) in [4.78, 5) is 24.1. The van der Waals surface area contributed by atoms with Crippen molar-refractivity contribution in [1.82, 2.24) is 0 Å². The summed E-state index contributed by atoms with van der Waals surface area (Å²) in [6.07, 6.45) is -10.6. The van der Waals surface area contributed by atoms with Crippen LogP contribution in [0.2, 0.25) is 0 Å². The summed E-state index contributed by atoms with van der Waals surface area (Å²) >= 11 is 0. The van der Waals surface area contributed by atoms with Crippen LogP contribution in [0.15, 0.2) is 51.7 Å². The maximum absolute atomic E-state index is 12.8. The molecule has 1 aliphatic heterocycles. The van der Waals surface area contributed by atoms with Crippen LogP contribution in [-0.2, 0) is 19.9 Å². The van der Waals surface area contributed by atoms with Gasteiger partial charge in [-0.05, 0) is 0 Å². The molecule has 1 fully saturated rings. The van der Waals surface area contributed by atoms with Crippen LogP contribution in [0.1, 0.15) is 0 Å². The molecule has 0 saturated carbocycles. The van der Waals surface area contributed by atoms with E-state index in [9.17, 15) is 48.1 Å². The van der Waals surface area contributed by atoms with Gasteiger partial charge in [0.15, 0.2) is 23.0 Å². The van der Waals surface area contributed by atoms with Crippen LogP contribution in [0.5, 0.6) is 17.2 Å². The number of rotatable bonds is 6. The molecule has 0 amide bonds. The number of benzene rings is 2. The van der Waals surface area contributed by atoms with Crippen LogP contribution in [0.4, 0.5) is 0 Å². The van der Waals surface area contributed by atoms with Crippen molar-refractivity contribution in [2.75, 3.05) is 0 Å². The number of carboxylic acids is 1. The van der Waals surface area contributed by atoms with Crippen molar-refractivity contribution in [2.24, 2.45) is 0 Å². The second-order valence-electron chi connectivity index (χ2n) is 7.61. The lowest BCUT2D eigenvalue weighted by molar-refractivity contribution is -0.271. The second-order valence-corrected chi connectivity index (χ2v) is 8.59. The van der Waals surface area contributed by atoms with Crippen LogP contribution >= 0.6 is 0 Å². The number of phenolic OH excluding ortho intramolecular Hbond substituents is 1. The number of aromatic hydroxyl groups is 1. The number of aliphatic hydroxyl groups is 3. The van der Waals surface area contributed by atoms with Crippen molar-refractivity contribution >= 4 is 27.3 Å². The minimum absolute atomic E-state index is 0.0181. The first-order chi connectivity index (χ1) is 16.9. The summed E-state index contributed by atoms with van der Waals surface area (Å²) < 4.78 is 53.9. The Kier molecular flexibility index (Phi) is 6.61. The molecule has 192 valence electrons. The van der Waals surface area contributed by atoms with E-state index in [0.29, 0.717) is 5.56 Å². The van der Waals surface area contributed by atoms with Crippen molar-refractivity contribution in [3.63, 3.8) is 0 Å². The molecule has 0 bridgehead atoms. The Hall–Kier alpha value is -3.73. The van der Waals surface area contributed by atoms with E-state index >= 15 is 0 Å². The standard InChI is InChI=1S/C21H18O14S/c22-9-6-10(8-4-2-1-3-5-8)32-11-7-12(35-36(29,30)31)18(14(23)13(9)11)33-21-17(26)15(24)16(25)19(34-21)20(27)28/h1-7,15-17,19,21,23-26H,(H,27,28)(H,29,30,31)/p-1/t15-,16-,17+,19-,21+/m0/s1. The number of phenols is 1. The van der Waals surface area contributed by atoms with Gasteiger partial charge in [-0.3, -0.25) is 4.79 Å². The largest absolute Gasteiger partial charge is 0.716 e. The van der Waals surface area contributed by atoms with Crippen molar-refractivity contribution in [1.29, 1.82) is 0 Å². The molecule has 15 heteroatoms. The van der Waals surface area contributed by atoms with E-state index in [1.54, 1.807) is 30.3 Å². The molecule has 5 N–H and O–H groups in total. The molecule has 2 heterocycles. The Morgan fingerprint density at radius 3 is 2.31 bits per heavy atom. The van der Waals surface area contributed by atoms with Crippen LogP contribution in [-0.4, -0.2) is 75.2 Å². The summed E-state index contributed by atoms with van der Waals surface area (Å²) in [6.45, 7) is 0. The highest BCUT2D eigenvalue weighted by atomic mass is 32.3. The quantitative estimate of drug-likeness (QED) is 0.197. The van der Waals surface area contributed by atoms with Gasteiger partial charge in [-0.1, -0.05) is 30.3 Å². The number of aliphatic hydroxyl groups excluding tert-OH is 3. The molecule has 5 atom stereocenters. The summed E-state index contributed by atoms with van der Waals surface area (Å²) in [5.74, 6) is -4.88. The van der Waals surface area contributed by atoms with Gasteiger partial charge in [0.1, 0.15) is 35.0 Å². The van der Waals surface area contributed by atoms with Gasteiger partial charge in [0.25, 0.3) is 10.4 Å². The van der Waals surface area contributed by atoms with Gasteiger partial charge in [0.05, 0.1) is 0 Å². The zero-order valence-corrected chi connectivity index (χ0v) is 18.6. The highest BCUT2D eigenvalue weighted by Gasteiger charge is 2.48. The van der Waals surface area contributed by atoms with Crippen molar-refractivity contribution in [3.05, 3.63) is 52.7 Å². The van der Waals surface area contributed by atoms with E-state index in [0.717, 1.165) is 12.1 Å². The van der Waals surface area contributed by atoms with E-state index in [1.807, 2.05) is 0 Å². The predicted molar refractivity (Wildman–Crippen MR) is 115 cm³/mol. The van der Waals surface area contributed by atoms with E-state index in [1.165, 1.54) is 0 Å². The molecule has 36 heavy (non-hydrogen) atoms. The lowest BCUT2D eigenvalue weighted by atomic mass is 9.99. The molecule has 0 unspecified atom stereocenters. The average Bonchev–Trinajstić information content (AvgIpc) is 2.80. The molecule has 1 aliphatic rings. The number of hydrogen-bond donors (Lipinski definition) is 5. The molecule has 14 nitrogen and oxygen atoms in total. The first kappa shape index (κ1) is 25.4. The van der Waals surface area contributed by atoms with Crippen LogP contribution in [0.3, 0.4) is 0 Å². The third kappa shape index (κ3) is 4.83. The van der Waals surface area contributed by atoms with E-state index in [-0.39, 0.29) is 5.76 Å². The topological polar surface area (TPSA) is 233 Å². The average molecular weight is 525 g/mol. The van der Waals surface area contributed by atoms with Gasteiger partial charge in [-0.2, -0.15) is 0 Å². The maximum Gasteiger partial charge on any atom is 0.335 e. The Balaban J connectivity index is 1.86. The molecular weight excluding hydrogens is 508 g/mol. The SMILES string of the molecule is O=C(O)[C@H]1O[C@@H](Oc2c(OS(=O)(=O)[O-])cc3oc(-c4ccccc4)cc(=O)c3c2O)[C@H](O)[C@@H](O)[C@@H]1O. The number of aliphatic carboxylic acids is 1. The van der Waals surface area contributed by atoms with Gasteiger partial charge in [0.2, 0.25) is 12.0 Å². The Morgan fingerprint density at radius 1 is 1.03 bits per heavy atom. The summed E-state index contributed by atoms with van der Waals surface area (Å²) in [5, 5.41) is 49.3. The highest BCUT2D eigenvalue weighted by Crippen LogP contribution is 2.44. The van der Waals surface area contributed by atoms with Gasteiger partial charge in [-0.25, -0.2) is 13.2 Å². The third-order valence-corrected chi connectivity index (χ3v) is 5.59. The highest BCUT2D eigenvalue weighted by molar-refractivity contribution is 7.81. The lowest BCUT2D eigenvalue weighted by Crippen LogP contribution is -2.61. The fraction of sp³-hybridized carbons (Fsp3) is 0.238. The number of ether oxygens (including phenoxy) is 2. The normalized spacial score (nSPS) is 24.4. The second kappa shape index (κ2) is 9.38. The molecule has 1 aromatic heterocycles. The van der Waals surface area contributed by atoms with Crippen molar-refractivity contribution in [2.45, 2.75) is 30.7 Å². The molecule has 0 aliphatic carbocycles. The van der Waals surface area contributed by atoms with Crippen molar-refractivity contribution < 1.29 is 61.4 Å². The monoisotopic (exact) mass is 525 g/mol. The first-order valence-corrected chi connectivity index (χ1v) is 11.3. The predicted octanol–water partition coefficient (Wildman–Crippen LogP) is -0.724. The smallest absolute Gasteiger partial charge is 0.335 e.